The first-order valence-corrected chi connectivity index (χ1v) is 9.10. The molecule has 0 aromatic heterocycles. The maximum Gasteiger partial charge on any atom is 0.416 e. The summed E-state index contributed by atoms with van der Waals surface area (Å²) in [6.45, 7) is 10.6. The number of hydrogen-bond acceptors (Lipinski definition) is 2. The number of carbonyl (C=O) groups excluding carboxylic acids is 1. The van der Waals surface area contributed by atoms with E-state index < -0.39 is 17.3 Å². The number of ether oxygens (including phenoxy) is 1. The molecule has 0 bridgehead atoms. The van der Waals surface area contributed by atoms with Crippen LogP contribution in [-0.2, 0) is 17.3 Å². The maximum absolute atomic E-state index is 13.0. The van der Waals surface area contributed by atoms with Crippen molar-refractivity contribution in [3.63, 3.8) is 0 Å². The minimum atomic E-state index is -4.33. The Bertz CT molecular complexity index is 649. The number of halogens is 3. The highest BCUT2D eigenvalue weighted by Gasteiger charge is 2.35. The van der Waals surface area contributed by atoms with Crippen molar-refractivity contribution in [2.75, 3.05) is 13.1 Å². The van der Waals surface area contributed by atoms with Crippen LogP contribution in [0.2, 0.25) is 0 Å². The number of alkyl halides is 3. The van der Waals surface area contributed by atoms with Crippen LogP contribution in [0.25, 0.3) is 0 Å². The Morgan fingerprint density at radius 3 is 2.50 bits per heavy atom. The summed E-state index contributed by atoms with van der Waals surface area (Å²) in [4.78, 5) is 13.9. The van der Waals surface area contributed by atoms with Crippen molar-refractivity contribution in [3.8, 4) is 0 Å². The standard InChI is InChI=1S/C20H28F3NO2/c1-6-14-11-16(20(21,22)23)7-8-17(14)13(2)15-9-10-24(12-15)18(25)26-19(3,4)5/h7-8,11,13,15H,6,9-10,12H2,1-5H3. The molecule has 0 aliphatic carbocycles. The van der Waals surface area contributed by atoms with Gasteiger partial charge in [0.25, 0.3) is 0 Å². The molecular formula is C20H28F3NO2. The Balaban J connectivity index is 2.12. The number of amides is 1. The first kappa shape index (κ1) is 20.6. The first-order chi connectivity index (χ1) is 11.9. The van der Waals surface area contributed by atoms with Gasteiger partial charge in [-0.15, -0.1) is 0 Å². The number of benzene rings is 1. The number of hydrogen-bond donors (Lipinski definition) is 0. The molecule has 1 amide bonds. The van der Waals surface area contributed by atoms with Crippen LogP contribution in [0.3, 0.4) is 0 Å². The Morgan fingerprint density at radius 1 is 1.31 bits per heavy atom. The van der Waals surface area contributed by atoms with E-state index in [0.717, 1.165) is 23.6 Å². The average Bonchev–Trinajstić information content (AvgIpc) is 3.01. The average molecular weight is 371 g/mol. The highest BCUT2D eigenvalue weighted by atomic mass is 19.4. The van der Waals surface area contributed by atoms with Gasteiger partial charge >= 0.3 is 12.3 Å². The zero-order valence-corrected chi connectivity index (χ0v) is 16.1. The van der Waals surface area contributed by atoms with Crippen molar-refractivity contribution in [2.45, 2.75) is 65.2 Å². The van der Waals surface area contributed by atoms with E-state index in [1.807, 2.05) is 34.6 Å². The predicted octanol–water partition coefficient (Wildman–Crippen LogP) is 5.63. The molecule has 2 atom stereocenters. The number of rotatable bonds is 3. The van der Waals surface area contributed by atoms with E-state index in [1.54, 1.807) is 11.0 Å². The minimum absolute atomic E-state index is 0.0830. The van der Waals surface area contributed by atoms with Crippen molar-refractivity contribution >= 4 is 6.09 Å². The van der Waals surface area contributed by atoms with Gasteiger partial charge in [0.05, 0.1) is 5.56 Å². The summed E-state index contributed by atoms with van der Waals surface area (Å²) in [5.41, 5.74) is 0.524. The number of likely N-dealkylation sites (tertiary alicyclic amines) is 1. The molecule has 1 heterocycles. The van der Waals surface area contributed by atoms with Gasteiger partial charge in [-0.05, 0) is 68.7 Å². The van der Waals surface area contributed by atoms with Gasteiger partial charge in [0, 0.05) is 13.1 Å². The van der Waals surface area contributed by atoms with Gasteiger partial charge in [-0.25, -0.2) is 4.79 Å². The fraction of sp³-hybridized carbons (Fsp3) is 0.650. The Hall–Kier alpha value is -1.72. The molecule has 0 saturated carbocycles. The number of nitrogens with zero attached hydrogens (tertiary/aromatic N) is 1. The molecular weight excluding hydrogens is 343 g/mol. The van der Waals surface area contributed by atoms with Gasteiger partial charge in [0.15, 0.2) is 0 Å². The lowest BCUT2D eigenvalue weighted by molar-refractivity contribution is -0.137. The van der Waals surface area contributed by atoms with Crippen molar-refractivity contribution < 1.29 is 22.7 Å². The molecule has 0 N–H and O–H groups in total. The molecule has 2 unspecified atom stereocenters. The van der Waals surface area contributed by atoms with E-state index >= 15 is 0 Å². The van der Waals surface area contributed by atoms with Crippen molar-refractivity contribution in [1.82, 2.24) is 4.90 Å². The molecule has 26 heavy (non-hydrogen) atoms. The zero-order chi connectivity index (χ0) is 19.7. The summed E-state index contributed by atoms with van der Waals surface area (Å²) in [6.07, 6.45) is -3.28. The number of carbonyl (C=O) groups is 1. The fourth-order valence-electron chi connectivity index (χ4n) is 3.47. The smallest absolute Gasteiger partial charge is 0.416 e. The highest BCUT2D eigenvalue weighted by Crippen LogP contribution is 2.37. The van der Waals surface area contributed by atoms with Gasteiger partial charge in [-0.1, -0.05) is 19.9 Å². The minimum Gasteiger partial charge on any atom is -0.444 e. The summed E-state index contributed by atoms with van der Waals surface area (Å²) in [5.74, 6) is 0.296. The second-order valence-corrected chi connectivity index (χ2v) is 8.03. The molecule has 1 aromatic rings. The summed E-state index contributed by atoms with van der Waals surface area (Å²) < 4.78 is 44.3. The summed E-state index contributed by atoms with van der Waals surface area (Å²) in [5, 5.41) is 0. The molecule has 1 saturated heterocycles. The van der Waals surface area contributed by atoms with E-state index in [0.29, 0.717) is 19.5 Å². The van der Waals surface area contributed by atoms with Crippen LogP contribution in [0.1, 0.15) is 63.6 Å². The molecule has 2 rings (SSSR count). The zero-order valence-electron chi connectivity index (χ0n) is 16.1. The lowest BCUT2D eigenvalue weighted by Gasteiger charge is -2.26. The van der Waals surface area contributed by atoms with Gasteiger partial charge < -0.3 is 9.64 Å². The molecule has 146 valence electrons. The highest BCUT2D eigenvalue weighted by molar-refractivity contribution is 5.68. The molecule has 0 spiro atoms. The lowest BCUT2D eigenvalue weighted by atomic mass is 9.83. The summed E-state index contributed by atoms with van der Waals surface area (Å²) in [7, 11) is 0. The molecule has 0 radical (unpaired) electrons. The third-order valence-corrected chi connectivity index (χ3v) is 4.93. The molecule has 1 fully saturated rings. The third kappa shape index (κ3) is 4.92. The monoisotopic (exact) mass is 371 g/mol. The van der Waals surface area contributed by atoms with Gasteiger partial charge in [-0.2, -0.15) is 13.2 Å². The quantitative estimate of drug-likeness (QED) is 0.689. The van der Waals surface area contributed by atoms with Crippen LogP contribution >= 0.6 is 0 Å². The van der Waals surface area contributed by atoms with E-state index in [2.05, 4.69) is 0 Å². The third-order valence-electron chi connectivity index (χ3n) is 4.93. The maximum atomic E-state index is 13.0. The van der Waals surface area contributed by atoms with Crippen molar-refractivity contribution in [3.05, 3.63) is 34.9 Å². The van der Waals surface area contributed by atoms with Crippen LogP contribution in [0.4, 0.5) is 18.0 Å². The Kier molecular flexibility index (Phi) is 5.93. The van der Waals surface area contributed by atoms with E-state index in [9.17, 15) is 18.0 Å². The van der Waals surface area contributed by atoms with Crippen molar-refractivity contribution in [1.29, 1.82) is 0 Å². The second-order valence-electron chi connectivity index (χ2n) is 8.03. The summed E-state index contributed by atoms with van der Waals surface area (Å²) >= 11 is 0. The van der Waals surface area contributed by atoms with Gasteiger partial charge in [0.1, 0.15) is 5.60 Å². The van der Waals surface area contributed by atoms with Gasteiger partial charge in [-0.3, -0.25) is 0 Å². The van der Waals surface area contributed by atoms with E-state index in [4.69, 9.17) is 4.74 Å². The molecule has 1 aliphatic heterocycles. The van der Waals surface area contributed by atoms with Crippen LogP contribution in [0.15, 0.2) is 18.2 Å². The van der Waals surface area contributed by atoms with Crippen LogP contribution in [-0.4, -0.2) is 29.7 Å². The summed E-state index contributed by atoms with van der Waals surface area (Å²) in [6, 6.07) is 4.01. The molecule has 1 aromatic carbocycles. The second kappa shape index (κ2) is 7.49. The van der Waals surface area contributed by atoms with Crippen LogP contribution in [0.5, 0.6) is 0 Å². The van der Waals surface area contributed by atoms with E-state index in [1.165, 1.54) is 6.07 Å². The predicted molar refractivity (Wildman–Crippen MR) is 95.2 cm³/mol. The molecule has 1 aliphatic rings. The molecule has 3 nitrogen and oxygen atoms in total. The van der Waals surface area contributed by atoms with Crippen LogP contribution in [0, 0.1) is 5.92 Å². The van der Waals surface area contributed by atoms with Crippen LogP contribution < -0.4 is 0 Å². The Morgan fingerprint density at radius 2 is 1.96 bits per heavy atom. The number of aryl methyl sites for hydroxylation is 1. The topological polar surface area (TPSA) is 29.5 Å². The lowest BCUT2D eigenvalue weighted by Crippen LogP contribution is -2.35. The van der Waals surface area contributed by atoms with Gasteiger partial charge in [0.2, 0.25) is 0 Å². The van der Waals surface area contributed by atoms with E-state index in [-0.39, 0.29) is 17.9 Å². The SMILES string of the molecule is CCc1cc(C(F)(F)F)ccc1C(C)C1CCN(C(=O)OC(C)(C)C)C1. The largest absolute Gasteiger partial charge is 0.444 e. The first-order valence-electron chi connectivity index (χ1n) is 9.10. The molecule has 6 heteroatoms. The Labute approximate surface area is 153 Å². The normalized spacial score (nSPS) is 19.5. The fourth-order valence-corrected chi connectivity index (χ4v) is 3.47. The van der Waals surface area contributed by atoms with Crippen molar-refractivity contribution in [2.24, 2.45) is 5.92 Å².